The molecule has 3 rings (SSSR count). The maximum atomic E-state index is 5.48. The van der Waals surface area contributed by atoms with Crippen molar-refractivity contribution >= 4 is 11.4 Å². The zero-order chi connectivity index (χ0) is 14.7. The van der Waals surface area contributed by atoms with Gasteiger partial charge in [-0.1, -0.05) is 26.0 Å². The third-order valence-electron chi connectivity index (χ3n) is 4.79. The Bertz CT molecular complexity index is 446. The average molecular weight is 288 g/mol. The molecular formula is C18H28N2O. The molecule has 2 fully saturated rings. The standard InChI is InChI=1S/C18H28N2O/c1-14-11-15(2)13-16(12-14)19-17-5-3-4-6-18(17)20-7-9-21-10-8-20/h3-6,14-16,19H,7-13H2,1-2H3. The fourth-order valence-corrected chi connectivity index (χ4v) is 3.96. The van der Waals surface area contributed by atoms with Crippen molar-refractivity contribution in [3.05, 3.63) is 24.3 Å². The lowest BCUT2D eigenvalue weighted by molar-refractivity contribution is 0.123. The fourth-order valence-electron chi connectivity index (χ4n) is 3.96. The summed E-state index contributed by atoms with van der Waals surface area (Å²) in [7, 11) is 0. The number of morpholine rings is 1. The minimum absolute atomic E-state index is 0.617. The van der Waals surface area contributed by atoms with Crippen molar-refractivity contribution in [3.8, 4) is 0 Å². The largest absolute Gasteiger partial charge is 0.381 e. The Balaban J connectivity index is 1.72. The van der Waals surface area contributed by atoms with Crippen molar-refractivity contribution in [1.82, 2.24) is 0 Å². The van der Waals surface area contributed by atoms with Crippen LogP contribution in [0.1, 0.15) is 33.1 Å². The SMILES string of the molecule is CC1CC(C)CC(Nc2ccccc2N2CCOCC2)C1. The molecule has 0 aromatic heterocycles. The molecule has 3 nitrogen and oxygen atoms in total. The second-order valence-electron chi connectivity index (χ2n) is 6.88. The molecule has 21 heavy (non-hydrogen) atoms. The molecule has 1 aromatic carbocycles. The highest BCUT2D eigenvalue weighted by Gasteiger charge is 2.25. The van der Waals surface area contributed by atoms with Crippen LogP contribution in [0.3, 0.4) is 0 Å². The maximum Gasteiger partial charge on any atom is 0.0642 e. The zero-order valence-electron chi connectivity index (χ0n) is 13.3. The van der Waals surface area contributed by atoms with Crippen LogP contribution in [0.5, 0.6) is 0 Å². The smallest absolute Gasteiger partial charge is 0.0642 e. The van der Waals surface area contributed by atoms with Gasteiger partial charge < -0.3 is 15.0 Å². The topological polar surface area (TPSA) is 24.5 Å². The van der Waals surface area contributed by atoms with Crippen LogP contribution in [0.4, 0.5) is 11.4 Å². The summed E-state index contributed by atoms with van der Waals surface area (Å²) in [6.07, 6.45) is 3.97. The number of hydrogen-bond donors (Lipinski definition) is 1. The molecule has 0 spiro atoms. The highest BCUT2D eigenvalue weighted by molar-refractivity contribution is 5.70. The number of benzene rings is 1. The number of para-hydroxylation sites is 2. The number of rotatable bonds is 3. The van der Waals surface area contributed by atoms with E-state index in [0.29, 0.717) is 6.04 Å². The third-order valence-corrected chi connectivity index (χ3v) is 4.79. The van der Waals surface area contributed by atoms with E-state index in [1.807, 2.05) is 0 Å². The Hall–Kier alpha value is -1.22. The number of anilines is 2. The first-order valence-electron chi connectivity index (χ1n) is 8.40. The van der Waals surface area contributed by atoms with Crippen molar-refractivity contribution in [2.45, 2.75) is 39.2 Å². The first-order chi connectivity index (χ1) is 10.2. The summed E-state index contributed by atoms with van der Waals surface area (Å²) in [5, 5.41) is 3.83. The lowest BCUT2D eigenvalue weighted by atomic mass is 9.80. The monoisotopic (exact) mass is 288 g/mol. The molecule has 2 atom stereocenters. The van der Waals surface area contributed by atoms with Crippen LogP contribution >= 0.6 is 0 Å². The van der Waals surface area contributed by atoms with Crippen LogP contribution < -0.4 is 10.2 Å². The van der Waals surface area contributed by atoms with Crippen LogP contribution in [0.2, 0.25) is 0 Å². The molecule has 2 unspecified atom stereocenters. The minimum Gasteiger partial charge on any atom is -0.381 e. The van der Waals surface area contributed by atoms with Crippen LogP contribution in [0.25, 0.3) is 0 Å². The molecule has 1 aliphatic carbocycles. The Morgan fingerprint density at radius 1 is 1.00 bits per heavy atom. The predicted octanol–water partition coefficient (Wildman–Crippen LogP) is 3.76. The molecule has 1 heterocycles. The molecule has 0 bridgehead atoms. The highest BCUT2D eigenvalue weighted by Crippen LogP contribution is 2.33. The van der Waals surface area contributed by atoms with Gasteiger partial charge in [-0.25, -0.2) is 0 Å². The number of ether oxygens (including phenoxy) is 1. The third kappa shape index (κ3) is 3.70. The van der Waals surface area contributed by atoms with Crippen LogP contribution in [-0.4, -0.2) is 32.3 Å². The van der Waals surface area contributed by atoms with E-state index in [1.165, 1.54) is 30.6 Å². The molecular weight excluding hydrogens is 260 g/mol. The van der Waals surface area contributed by atoms with Gasteiger partial charge in [0.05, 0.1) is 24.6 Å². The molecule has 1 N–H and O–H groups in total. The quantitative estimate of drug-likeness (QED) is 0.916. The van der Waals surface area contributed by atoms with Crippen molar-refractivity contribution in [2.75, 3.05) is 36.5 Å². The summed E-state index contributed by atoms with van der Waals surface area (Å²) in [5.74, 6) is 1.67. The Morgan fingerprint density at radius 3 is 2.38 bits per heavy atom. The van der Waals surface area contributed by atoms with Crippen molar-refractivity contribution in [2.24, 2.45) is 11.8 Å². The summed E-state index contributed by atoms with van der Waals surface area (Å²) < 4.78 is 5.48. The second kappa shape index (κ2) is 6.69. The molecule has 3 heteroatoms. The number of nitrogens with one attached hydrogen (secondary N) is 1. The van der Waals surface area contributed by atoms with E-state index in [9.17, 15) is 0 Å². The Labute approximate surface area is 128 Å². The predicted molar refractivity (Wildman–Crippen MR) is 89.1 cm³/mol. The fraction of sp³-hybridized carbons (Fsp3) is 0.667. The first kappa shape index (κ1) is 14.7. The molecule has 0 amide bonds. The van der Waals surface area contributed by atoms with Gasteiger partial charge in [0, 0.05) is 19.1 Å². The highest BCUT2D eigenvalue weighted by atomic mass is 16.5. The average Bonchev–Trinajstić information content (AvgIpc) is 2.48. The Morgan fingerprint density at radius 2 is 1.67 bits per heavy atom. The van der Waals surface area contributed by atoms with Gasteiger partial charge in [-0.3, -0.25) is 0 Å². The van der Waals surface area contributed by atoms with Gasteiger partial charge in [-0.15, -0.1) is 0 Å². The van der Waals surface area contributed by atoms with Crippen LogP contribution in [0.15, 0.2) is 24.3 Å². The number of hydrogen-bond acceptors (Lipinski definition) is 3. The maximum absolute atomic E-state index is 5.48. The summed E-state index contributed by atoms with van der Waals surface area (Å²) in [6.45, 7) is 8.44. The normalized spacial score (nSPS) is 30.2. The minimum atomic E-state index is 0.617. The summed E-state index contributed by atoms with van der Waals surface area (Å²) in [4.78, 5) is 2.45. The molecule has 1 saturated heterocycles. The van der Waals surface area contributed by atoms with Gasteiger partial charge in [0.2, 0.25) is 0 Å². The summed E-state index contributed by atoms with van der Waals surface area (Å²) >= 11 is 0. The van der Waals surface area contributed by atoms with Gasteiger partial charge in [-0.05, 0) is 43.2 Å². The lowest BCUT2D eigenvalue weighted by Crippen LogP contribution is -2.37. The second-order valence-corrected chi connectivity index (χ2v) is 6.88. The first-order valence-corrected chi connectivity index (χ1v) is 8.40. The van der Waals surface area contributed by atoms with E-state index in [2.05, 4.69) is 48.3 Å². The van der Waals surface area contributed by atoms with Crippen LogP contribution in [-0.2, 0) is 4.74 Å². The van der Waals surface area contributed by atoms with E-state index in [1.54, 1.807) is 0 Å². The van der Waals surface area contributed by atoms with Crippen LogP contribution in [0, 0.1) is 11.8 Å². The summed E-state index contributed by atoms with van der Waals surface area (Å²) in [6, 6.07) is 9.37. The van der Waals surface area contributed by atoms with E-state index < -0.39 is 0 Å². The molecule has 116 valence electrons. The lowest BCUT2D eigenvalue weighted by Gasteiger charge is -2.35. The number of nitrogens with zero attached hydrogens (tertiary/aromatic N) is 1. The van der Waals surface area contributed by atoms with Gasteiger partial charge in [0.15, 0.2) is 0 Å². The zero-order valence-corrected chi connectivity index (χ0v) is 13.3. The molecule has 0 radical (unpaired) electrons. The van der Waals surface area contributed by atoms with E-state index >= 15 is 0 Å². The van der Waals surface area contributed by atoms with E-state index in [4.69, 9.17) is 4.74 Å². The summed E-state index contributed by atoms with van der Waals surface area (Å²) in [5.41, 5.74) is 2.64. The van der Waals surface area contributed by atoms with Crippen molar-refractivity contribution < 1.29 is 4.74 Å². The van der Waals surface area contributed by atoms with Gasteiger partial charge in [0.25, 0.3) is 0 Å². The van der Waals surface area contributed by atoms with Gasteiger partial charge in [-0.2, -0.15) is 0 Å². The van der Waals surface area contributed by atoms with Gasteiger partial charge >= 0.3 is 0 Å². The van der Waals surface area contributed by atoms with Crippen molar-refractivity contribution in [3.63, 3.8) is 0 Å². The molecule has 1 aliphatic heterocycles. The molecule has 1 aromatic rings. The van der Waals surface area contributed by atoms with E-state index in [0.717, 1.165) is 38.1 Å². The Kier molecular flexibility index (Phi) is 4.69. The van der Waals surface area contributed by atoms with Crippen molar-refractivity contribution in [1.29, 1.82) is 0 Å². The van der Waals surface area contributed by atoms with E-state index in [-0.39, 0.29) is 0 Å². The molecule has 2 aliphatic rings. The van der Waals surface area contributed by atoms with Gasteiger partial charge in [0.1, 0.15) is 0 Å². The molecule has 1 saturated carbocycles.